The maximum Gasteiger partial charge on any atom is 0.326 e. The molecule has 8 heteroatoms. The van der Waals surface area contributed by atoms with Crippen LogP contribution in [-0.4, -0.2) is 28.0 Å². The van der Waals surface area contributed by atoms with Crippen molar-refractivity contribution >= 4 is 23.2 Å². The summed E-state index contributed by atoms with van der Waals surface area (Å²) in [5.74, 6) is -1.35. The van der Waals surface area contributed by atoms with E-state index in [1.165, 1.54) is 24.3 Å². The summed E-state index contributed by atoms with van der Waals surface area (Å²) in [7, 11) is 0. The molecule has 1 aromatic heterocycles. The Bertz CT molecular complexity index is 761. The van der Waals surface area contributed by atoms with Crippen LogP contribution >= 0.6 is 11.3 Å². The first kappa shape index (κ1) is 19.8. The Labute approximate surface area is 155 Å². The summed E-state index contributed by atoms with van der Waals surface area (Å²) in [5.41, 5.74) is 0.518. The van der Waals surface area contributed by atoms with Gasteiger partial charge in [0.25, 0.3) is 5.91 Å². The van der Waals surface area contributed by atoms with Crippen LogP contribution in [0.15, 0.2) is 24.3 Å². The Morgan fingerprint density at radius 2 is 2.04 bits per heavy atom. The van der Waals surface area contributed by atoms with Gasteiger partial charge >= 0.3 is 5.97 Å². The second-order valence-electron chi connectivity index (χ2n) is 5.77. The topological polar surface area (TPSA) is 88.5 Å². The monoisotopic (exact) mass is 380 g/mol. The van der Waals surface area contributed by atoms with Gasteiger partial charge in [-0.25, -0.2) is 14.2 Å². The first-order valence-corrected chi connectivity index (χ1v) is 9.10. The van der Waals surface area contributed by atoms with E-state index in [2.05, 4.69) is 10.3 Å². The molecule has 2 N–H and O–H groups in total. The Morgan fingerprint density at radius 1 is 1.35 bits per heavy atom. The highest BCUT2D eigenvalue weighted by Crippen LogP contribution is 2.21. The smallest absolute Gasteiger partial charge is 0.326 e. The zero-order chi connectivity index (χ0) is 19.1. The third-order valence-electron chi connectivity index (χ3n) is 3.67. The molecule has 6 nitrogen and oxygen atoms in total. The fourth-order valence-electron chi connectivity index (χ4n) is 2.29. The normalized spacial score (nSPS) is 11.8. The molecule has 1 atom stereocenters. The van der Waals surface area contributed by atoms with Crippen LogP contribution in [0.3, 0.4) is 0 Å². The lowest BCUT2D eigenvalue weighted by atomic mass is 10.1. The lowest BCUT2D eigenvalue weighted by Crippen LogP contribution is -2.40. The molecule has 0 radical (unpaired) electrons. The zero-order valence-electron chi connectivity index (χ0n) is 14.6. The van der Waals surface area contributed by atoms with Crippen LogP contribution in [0.1, 0.15) is 46.6 Å². The summed E-state index contributed by atoms with van der Waals surface area (Å²) < 4.78 is 18.4. The zero-order valence-corrected chi connectivity index (χ0v) is 15.4. The van der Waals surface area contributed by atoms with Crippen molar-refractivity contribution in [2.75, 3.05) is 0 Å². The molecule has 2 aromatic rings. The third kappa shape index (κ3) is 5.52. The number of benzene rings is 1. The molecule has 0 aliphatic carbocycles. The third-order valence-corrected chi connectivity index (χ3v) is 4.80. The number of unbranched alkanes of at least 4 members (excludes halogenated alkanes) is 1. The Kier molecular flexibility index (Phi) is 7.08. The molecule has 1 amide bonds. The van der Waals surface area contributed by atoms with E-state index in [9.17, 15) is 19.1 Å². The van der Waals surface area contributed by atoms with Gasteiger partial charge in [0.2, 0.25) is 0 Å². The molecule has 0 saturated heterocycles. The Morgan fingerprint density at radius 3 is 2.65 bits per heavy atom. The highest BCUT2D eigenvalue weighted by Gasteiger charge is 2.23. The summed E-state index contributed by atoms with van der Waals surface area (Å²) in [6.07, 6.45) is 1.95. The summed E-state index contributed by atoms with van der Waals surface area (Å²) in [4.78, 5) is 28.3. The molecule has 0 spiro atoms. The number of hydrogen-bond donors (Lipinski definition) is 2. The number of carboxylic acids is 1. The minimum absolute atomic E-state index is 0.141. The van der Waals surface area contributed by atoms with Gasteiger partial charge in [-0.05, 0) is 37.6 Å². The lowest BCUT2D eigenvalue weighted by Gasteiger charge is -2.13. The van der Waals surface area contributed by atoms with Crippen molar-refractivity contribution in [1.29, 1.82) is 0 Å². The van der Waals surface area contributed by atoms with Crippen molar-refractivity contribution in [3.63, 3.8) is 0 Å². The van der Waals surface area contributed by atoms with Crippen LogP contribution in [0.25, 0.3) is 0 Å². The van der Waals surface area contributed by atoms with Gasteiger partial charge in [0.05, 0.1) is 5.69 Å². The predicted octanol–water partition coefficient (Wildman–Crippen LogP) is 3.54. The van der Waals surface area contributed by atoms with Crippen molar-refractivity contribution in [2.24, 2.45) is 0 Å². The highest BCUT2D eigenvalue weighted by atomic mass is 32.1. The molecule has 0 bridgehead atoms. The first-order chi connectivity index (χ1) is 12.4. The second-order valence-corrected chi connectivity index (χ2v) is 6.85. The van der Waals surface area contributed by atoms with Gasteiger partial charge < -0.3 is 15.2 Å². The lowest BCUT2D eigenvalue weighted by molar-refractivity contribution is -0.139. The number of carbonyl (C=O) groups excluding carboxylic acids is 1. The van der Waals surface area contributed by atoms with E-state index in [1.54, 1.807) is 6.92 Å². The average molecular weight is 380 g/mol. The molecule has 26 heavy (non-hydrogen) atoms. The van der Waals surface area contributed by atoms with Gasteiger partial charge in [0.1, 0.15) is 34.1 Å². The van der Waals surface area contributed by atoms with Crippen molar-refractivity contribution in [3.05, 3.63) is 45.7 Å². The van der Waals surface area contributed by atoms with Crippen molar-refractivity contribution in [3.8, 4) is 5.75 Å². The molecular weight excluding hydrogens is 359 g/mol. The van der Waals surface area contributed by atoms with E-state index < -0.39 is 17.9 Å². The fourth-order valence-corrected chi connectivity index (χ4v) is 3.17. The highest BCUT2D eigenvalue weighted by molar-refractivity contribution is 7.13. The van der Waals surface area contributed by atoms with Crippen LogP contribution in [-0.2, 0) is 11.4 Å². The predicted molar refractivity (Wildman–Crippen MR) is 96.0 cm³/mol. The number of aromatic nitrogens is 1. The molecule has 2 rings (SSSR count). The SMILES string of the molecule is CCCCC(NC(=O)c1sc(COc2ccc(F)cc2)nc1C)C(=O)O. The summed E-state index contributed by atoms with van der Waals surface area (Å²) >= 11 is 1.15. The van der Waals surface area contributed by atoms with Crippen LogP contribution in [0.4, 0.5) is 4.39 Å². The number of carbonyl (C=O) groups is 2. The number of halogens is 1. The molecular formula is C18H21FN2O4S. The minimum Gasteiger partial charge on any atom is -0.486 e. The van der Waals surface area contributed by atoms with E-state index in [0.29, 0.717) is 27.7 Å². The molecule has 0 saturated carbocycles. The van der Waals surface area contributed by atoms with Gasteiger partial charge in [-0.15, -0.1) is 11.3 Å². The minimum atomic E-state index is -1.05. The number of ether oxygens (including phenoxy) is 1. The van der Waals surface area contributed by atoms with Crippen molar-refractivity contribution in [2.45, 2.75) is 45.8 Å². The van der Waals surface area contributed by atoms with Gasteiger partial charge in [-0.1, -0.05) is 19.8 Å². The second kappa shape index (κ2) is 9.28. The largest absolute Gasteiger partial charge is 0.486 e. The number of thiazole rings is 1. The molecule has 1 aromatic carbocycles. The number of aryl methyl sites for hydroxylation is 1. The maximum absolute atomic E-state index is 12.9. The Hall–Kier alpha value is -2.48. The van der Waals surface area contributed by atoms with Gasteiger partial charge in [-0.3, -0.25) is 4.79 Å². The number of rotatable bonds is 9. The summed E-state index contributed by atoms with van der Waals surface area (Å²) in [6, 6.07) is 4.69. The molecule has 0 fully saturated rings. The molecule has 0 aliphatic heterocycles. The Balaban J connectivity index is 2.00. The summed E-state index contributed by atoms with van der Waals surface area (Å²) in [6.45, 7) is 3.79. The van der Waals surface area contributed by atoms with E-state index in [0.717, 1.165) is 24.2 Å². The number of nitrogens with zero attached hydrogens (tertiary/aromatic N) is 1. The molecule has 1 heterocycles. The van der Waals surface area contributed by atoms with Crippen LogP contribution < -0.4 is 10.1 Å². The standard InChI is InChI=1S/C18H21FN2O4S/c1-3-4-5-14(18(23)24)21-17(22)16-11(2)20-15(26-16)10-25-13-8-6-12(19)7-9-13/h6-9,14H,3-5,10H2,1-2H3,(H,21,22)(H,23,24). The van der Waals surface area contributed by atoms with E-state index in [4.69, 9.17) is 4.74 Å². The van der Waals surface area contributed by atoms with Crippen LogP contribution in [0.5, 0.6) is 5.75 Å². The fraction of sp³-hybridized carbons (Fsp3) is 0.389. The number of aliphatic carboxylic acids is 1. The van der Waals surface area contributed by atoms with Crippen LogP contribution in [0.2, 0.25) is 0 Å². The molecule has 0 aliphatic rings. The van der Waals surface area contributed by atoms with E-state index in [1.807, 2.05) is 6.92 Å². The maximum atomic E-state index is 12.9. The summed E-state index contributed by atoms with van der Waals surface area (Å²) in [5, 5.41) is 12.4. The van der Waals surface area contributed by atoms with Crippen molar-refractivity contribution in [1.82, 2.24) is 10.3 Å². The number of carboxylic acid groups (broad SMARTS) is 1. The quantitative estimate of drug-likeness (QED) is 0.695. The number of nitrogens with one attached hydrogen (secondary N) is 1. The number of amides is 1. The number of hydrogen-bond acceptors (Lipinski definition) is 5. The van der Waals surface area contributed by atoms with Gasteiger partial charge in [0, 0.05) is 0 Å². The van der Waals surface area contributed by atoms with Crippen molar-refractivity contribution < 1.29 is 23.8 Å². The van der Waals surface area contributed by atoms with Gasteiger partial charge in [0.15, 0.2) is 0 Å². The first-order valence-electron chi connectivity index (χ1n) is 8.29. The van der Waals surface area contributed by atoms with E-state index >= 15 is 0 Å². The molecule has 1 unspecified atom stereocenters. The van der Waals surface area contributed by atoms with E-state index in [-0.39, 0.29) is 12.4 Å². The van der Waals surface area contributed by atoms with Gasteiger partial charge in [-0.2, -0.15) is 0 Å². The molecule has 140 valence electrons. The average Bonchev–Trinajstić information content (AvgIpc) is 2.98. The van der Waals surface area contributed by atoms with Crippen LogP contribution in [0, 0.1) is 12.7 Å².